The van der Waals surface area contributed by atoms with Crippen molar-refractivity contribution in [3.05, 3.63) is 24.3 Å². The zero-order valence-corrected chi connectivity index (χ0v) is 16.7. The molecule has 152 valence electrons. The van der Waals surface area contributed by atoms with E-state index in [0.29, 0.717) is 17.1 Å². The highest BCUT2D eigenvalue weighted by Crippen LogP contribution is 2.43. The Morgan fingerprint density at radius 2 is 1.77 bits per heavy atom. The van der Waals surface area contributed by atoms with Gasteiger partial charge in [-0.3, -0.25) is 9.05 Å². The average molecular weight is 395 g/mol. The van der Waals surface area contributed by atoms with Crippen molar-refractivity contribution in [2.24, 2.45) is 0 Å². The number of carbonyl (C=O) groups excluding carboxylic acids is 1. The fraction of sp³-hybridized carbons (Fsp3) is 0.625. The van der Waals surface area contributed by atoms with Crippen molar-refractivity contribution in [3.63, 3.8) is 0 Å². The van der Waals surface area contributed by atoms with Gasteiger partial charge in [-0.2, -0.15) is 0 Å². The van der Waals surface area contributed by atoms with Crippen LogP contribution in [0.5, 0.6) is 0 Å². The summed E-state index contributed by atoms with van der Waals surface area (Å²) in [5.41, 5.74) is -0.285. The van der Waals surface area contributed by atoms with E-state index < -0.39 is 19.8 Å². The van der Waals surface area contributed by atoms with Crippen LogP contribution in [0.15, 0.2) is 24.3 Å². The quantitative estimate of drug-likeness (QED) is 0.164. The van der Waals surface area contributed by atoms with Crippen molar-refractivity contribution in [2.75, 3.05) is 40.9 Å². The summed E-state index contributed by atoms with van der Waals surface area (Å²) in [5.74, 6) is -2.78. The Morgan fingerprint density at radius 1 is 1.23 bits per heavy atom. The van der Waals surface area contributed by atoms with E-state index in [1.54, 1.807) is 0 Å². The minimum absolute atomic E-state index is 0.00532. The van der Waals surface area contributed by atoms with E-state index in [1.165, 1.54) is 6.08 Å². The number of allylic oxidation sites excluding steroid dienone is 1. The van der Waals surface area contributed by atoms with Crippen LogP contribution in [0, 0.1) is 0 Å². The van der Waals surface area contributed by atoms with Crippen LogP contribution in [0.4, 0.5) is 0 Å². The lowest BCUT2D eigenvalue weighted by molar-refractivity contribution is -0.870. The third-order valence-electron chi connectivity index (χ3n) is 2.69. The molecule has 0 rings (SSSR count). The fourth-order valence-electron chi connectivity index (χ4n) is 1.30. The van der Waals surface area contributed by atoms with Crippen LogP contribution in [0.2, 0.25) is 0 Å². The topological polar surface area (TPSA) is 133 Å². The first-order chi connectivity index (χ1) is 11.8. The molecule has 1 unspecified atom stereocenters. The second-order valence-corrected chi connectivity index (χ2v) is 7.74. The number of quaternary nitrogens is 1. The van der Waals surface area contributed by atoms with Gasteiger partial charge in [-0.1, -0.05) is 19.4 Å². The third kappa shape index (κ3) is 18.8. The lowest BCUT2D eigenvalue weighted by atomic mass is 10.2. The first-order valence-electron chi connectivity index (χ1n) is 8.02. The van der Waals surface area contributed by atoms with E-state index in [-0.39, 0.29) is 25.2 Å². The van der Waals surface area contributed by atoms with Crippen molar-refractivity contribution in [1.82, 2.24) is 0 Å². The molecule has 2 N–H and O–H groups in total. The summed E-state index contributed by atoms with van der Waals surface area (Å²) in [4.78, 5) is 29.4. The molecule has 0 fully saturated rings. The molecule has 0 spiro atoms. The summed E-state index contributed by atoms with van der Waals surface area (Å²) in [6, 6.07) is 0. The highest BCUT2D eigenvalue weighted by atomic mass is 31.2. The molecule has 0 saturated heterocycles. The molecule has 0 amide bonds. The molecule has 0 aliphatic heterocycles. The lowest BCUT2D eigenvalue weighted by Gasteiger charge is -2.23. The zero-order valence-electron chi connectivity index (χ0n) is 15.8. The van der Waals surface area contributed by atoms with Crippen molar-refractivity contribution in [1.29, 1.82) is 0 Å². The molecule has 0 aromatic rings. The Balaban J connectivity index is 0. The van der Waals surface area contributed by atoms with Crippen LogP contribution in [0.1, 0.15) is 26.2 Å². The molecule has 0 aliphatic rings. The van der Waals surface area contributed by atoms with Gasteiger partial charge in [0.15, 0.2) is 0 Å². The number of phosphoric acid groups is 1. The summed E-state index contributed by atoms with van der Waals surface area (Å²) >= 11 is 0. The van der Waals surface area contributed by atoms with Gasteiger partial charge in [-0.05, 0) is 18.4 Å². The standard InChI is InChI=1S/C9H22NO4P.C7H8O4/c1-5-6-8-13-15(11,12)14-9-7-10(2,3)4;1-2-3-5(7(10)11)4-6(8)9/h5-9H2,1-4H3;2,4H,1,3H2,(H,8,9)(H,10,11)/b;5-4+. The molecule has 0 radical (unpaired) electrons. The smallest absolute Gasteiger partial charge is 0.472 e. The maximum Gasteiger partial charge on any atom is 0.472 e. The number of unbranched alkanes of at least 4 members (excludes halogenated alkanes) is 1. The van der Waals surface area contributed by atoms with E-state index in [9.17, 15) is 24.2 Å². The minimum atomic E-state index is -3.82. The van der Waals surface area contributed by atoms with E-state index in [2.05, 4.69) is 6.58 Å². The Morgan fingerprint density at radius 3 is 2.15 bits per heavy atom. The molecule has 0 aromatic heterocycles. The normalized spacial score (nSPS) is 14.0. The Labute approximate surface area is 154 Å². The largest absolute Gasteiger partial charge is 0.545 e. The predicted molar refractivity (Wildman–Crippen MR) is 95.1 cm³/mol. The summed E-state index contributed by atoms with van der Waals surface area (Å²) < 4.78 is 21.6. The minimum Gasteiger partial charge on any atom is -0.545 e. The van der Waals surface area contributed by atoms with Crippen LogP contribution in [-0.2, 0) is 23.2 Å². The van der Waals surface area contributed by atoms with Gasteiger partial charge in [0.25, 0.3) is 0 Å². The summed E-state index contributed by atoms with van der Waals surface area (Å²) in [5, 5.41) is 18.3. The van der Waals surface area contributed by atoms with E-state index in [4.69, 9.17) is 14.2 Å². The number of aliphatic carboxylic acids is 2. The molecule has 10 heteroatoms. The summed E-state index contributed by atoms with van der Waals surface area (Å²) in [7, 11) is 2.15. The first-order valence-corrected chi connectivity index (χ1v) is 9.52. The number of likely N-dealkylation sites (N-methyl/N-ethyl adjacent to an activating group) is 1. The Bertz CT molecular complexity index is 525. The summed E-state index contributed by atoms with van der Waals surface area (Å²) in [6.45, 7) is 6.42. The van der Waals surface area contributed by atoms with Gasteiger partial charge in [0, 0.05) is 6.08 Å². The third-order valence-corrected chi connectivity index (χ3v) is 3.71. The zero-order chi connectivity index (χ0) is 20.8. The van der Waals surface area contributed by atoms with Crippen molar-refractivity contribution < 1.29 is 42.8 Å². The molecule has 26 heavy (non-hydrogen) atoms. The predicted octanol–water partition coefficient (Wildman–Crippen LogP) is 0.950. The SMILES string of the molecule is C=CC/C(=C\C(=O)O)C(=O)[O-].CCCCOP(=O)(O)OCC[N+](C)(C)C. The molecule has 0 aromatic carbocycles. The van der Waals surface area contributed by atoms with Gasteiger partial charge in [-0.15, -0.1) is 6.58 Å². The van der Waals surface area contributed by atoms with Crippen LogP contribution in [-0.4, -0.2) is 67.3 Å². The number of hydrogen-bond acceptors (Lipinski definition) is 6. The first kappa shape index (κ1) is 26.7. The monoisotopic (exact) mass is 395 g/mol. The van der Waals surface area contributed by atoms with Crippen LogP contribution in [0.25, 0.3) is 0 Å². The highest BCUT2D eigenvalue weighted by Gasteiger charge is 2.21. The second-order valence-electron chi connectivity index (χ2n) is 6.29. The number of carboxylic acids is 2. The Kier molecular flexibility index (Phi) is 14.0. The molecule has 0 heterocycles. The van der Waals surface area contributed by atoms with Gasteiger partial charge in [0.2, 0.25) is 0 Å². The van der Waals surface area contributed by atoms with Crippen LogP contribution < -0.4 is 5.11 Å². The molecule has 1 atom stereocenters. The maximum absolute atomic E-state index is 11.3. The molecule has 0 bridgehead atoms. The van der Waals surface area contributed by atoms with Crippen LogP contribution >= 0.6 is 7.82 Å². The second kappa shape index (κ2) is 13.7. The van der Waals surface area contributed by atoms with Gasteiger partial charge in [-0.25, -0.2) is 9.36 Å². The van der Waals surface area contributed by atoms with Crippen LogP contribution in [0.3, 0.4) is 0 Å². The molecule has 0 saturated carbocycles. The number of phosphoric ester groups is 1. The average Bonchev–Trinajstić information content (AvgIpc) is 2.45. The van der Waals surface area contributed by atoms with Gasteiger partial charge in [0.1, 0.15) is 13.2 Å². The van der Waals surface area contributed by atoms with E-state index in [0.717, 1.165) is 12.8 Å². The van der Waals surface area contributed by atoms with Gasteiger partial charge < -0.3 is 24.4 Å². The van der Waals surface area contributed by atoms with Gasteiger partial charge >= 0.3 is 13.8 Å². The highest BCUT2D eigenvalue weighted by molar-refractivity contribution is 7.47. The Hall–Kier alpha value is -1.51. The maximum atomic E-state index is 11.3. The van der Waals surface area contributed by atoms with Crippen molar-refractivity contribution >= 4 is 19.8 Å². The number of hydrogen-bond donors (Lipinski definition) is 2. The number of rotatable bonds is 12. The molecule has 9 nitrogen and oxygen atoms in total. The van der Waals surface area contributed by atoms with E-state index in [1.807, 2.05) is 28.1 Å². The van der Waals surface area contributed by atoms with Gasteiger partial charge in [0.05, 0.1) is 33.7 Å². The van der Waals surface area contributed by atoms with Crippen molar-refractivity contribution in [3.8, 4) is 0 Å². The number of carbonyl (C=O) groups is 2. The molecular weight excluding hydrogens is 365 g/mol. The molecular formula is C16H30NO8P. The number of nitrogens with zero attached hydrogens (tertiary/aromatic N) is 1. The number of carboxylic acid groups (broad SMARTS) is 2. The van der Waals surface area contributed by atoms with E-state index >= 15 is 0 Å². The van der Waals surface area contributed by atoms with Crippen molar-refractivity contribution in [2.45, 2.75) is 26.2 Å². The lowest BCUT2D eigenvalue weighted by Crippen LogP contribution is -2.37. The summed E-state index contributed by atoms with van der Waals surface area (Å²) in [6.07, 6.45) is 3.58. The molecule has 0 aliphatic carbocycles. The fourth-order valence-corrected chi connectivity index (χ4v) is 2.04.